The number of carbonyl (C=O) groups is 2. The summed E-state index contributed by atoms with van der Waals surface area (Å²) in [6, 6.07) is 11.3. The SMILES string of the molecule is CN(C(=O)Cc1ccc(Cl)c(Cl)c1)[C@H]1c2cccc(OCC(N)=O)c2CC[C@@H]1N1CCCC1. The number of amides is 2. The van der Waals surface area contributed by atoms with Gasteiger partial charge >= 0.3 is 0 Å². The van der Waals surface area contributed by atoms with Crippen molar-refractivity contribution in [2.75, 3.05) is 26.7 Å². The topological polar surface area (TPSA) is 75.9 Å². The number of hydrogen-bond donors (Lipinski definition) is 1. The predicted octanol–water partition coefficient (Wildman–Crippen LogP) is 4.01. The number of hydrogen-bond acceptors (Lipinski definition) is 4. The van der Waals surface area contributed by atoms with Crippen LogP contribution in [0.1, 0.15) is 42.0 Å². The Morgan fingerprint density at radius 2 is 1.91 bits per heavy atom. The molecule has 2 atom stereocenters. The van der Waals surface area contributed by atoms with E-state index in [0.717, 1.165) is 42.6 Å². The van der Waals surface area contributed by atoms with Gasteiger partial charge in [0.25, 0.3) is 5.91 Å². The molecule has 0 unspecified atom stereocenters. The number of primary amides is 1. The average Bonchev–Trinajstić information content (AvgIpc) is 3.33. The predicted molar refractivity (Wildman–Crippen MR) is 130 cm³/mol. The highest BCUT2D eigenvalue weighted by Crippen LogP contribution is 2.41. The Morgan fingerprint density at radius 3 is 2.61 bits per heavy atom. The highest BCUT2D eigenvalue weighted by molar-refractivity contribution is 6.42. The van der Waals surface area contributed by atoms with Gasteiger partial charge in [-0.15, -0.1) is 0 Å². The number of nitrogens with two attached hydrogens (primary N) is 1. The first-order chi connectivity index (χ1) is 15.8. The van der Waals surface area contributed by atoms with Gasteiger partial charge in [0.15, 0.2) is 6.61 Å². The van der Waals surface area contributed by atoms with Crippen molar-refractivity contribution in [2.45, 2.75) is 44.2 Å². The summed E-state index contributed by atoms with van der Waals surface area (Å²) in [6.45, 7) is 1.93. The number of ether oxygens (including phenoxy) is 1. The van der Waals surface area contributed by atoms with Crippen LogP contribution in [0.15, 0.2) is 36.4 Å². The van der Waals surface area contributed by atoms with Crippen LogP contribution in [0.2, 0.25) is 10.0 Å². The largest absolute Gasteiger partial charge is 0.483 e. The number of likely N-dealkylation sites (N-methyl/N-ethyl adjacent to an activating group) is 1. The molecule has 2 aromatic carbocycles. The van der Waals surface area contributed by atoms with Gasteiger partial charge in [0.1, 0.15) is 5.75 Å². The minimum absolute atomic E-state index is 0.0129. The van der Waals surface area contributed by atoms with Gasteiger partial charge in [0, 0.05) is 13.1 Å². The van der Waals surface area contributed by atoms with Crippen LogP contribution in [0.5, 0.6) is 5.75 Å². The maximum Gasteiger partial charge on any atom is 0.255 e. The van der Waals surface area contributed by atoms with Gasteiger partial charge in [-0.1, -0.05) is 41.4 Å². The first kappa shape index (κ1) is 23.9. The maximum atomic E-state index is 13.4. The van der Waals surface area contributed by atoms with Gasteiger partial charge in [-0.3, -0.25) is 14.5 Å². The number of carbonyl (C=O) groups excluding carboxylic acids is 2. The molecule has 2 aliphatic rings. The van der Waals surface area contributed by atoms with E-state index < -0.39 is 5.91 Å². The second-order valence-corrected chi connectivity index (χ2v) is 9.62. The lowest BCUT2D eigenvalue weighted by molar-refractivity contribution is -0.133. The molecule has 2 amide bonds. The van der Waals surface area contributed by atoms with Crippen LogP contribution in [-0.2, 0) is 22.4 Å². The van der Waals surface area contributed by atoms with Crippen LogP contribution in [0.4, 0.5) is 0 Å². The molecular formula is C25H29Cl2N3O3. The van der Waals surface area contributed by atoms with E-state index in [4.69, 9.17) is 33.7 Å². The summed E-state index contributed by atoms with van der Waals surface area (Å²) in [6.07, 6.45) is 4.34. The molecular weight excluding hydrogens is 461 g/mol. The van der Waals surface area contributed by atoms with Crippen molar-refractivity contribution in [3.05, 3.63) is 63.1 Å². The molecule has 176 valence electrons. The van der Waals surface area contributed by atoms with Gasteiger partial charge in [0.2, 0.25) is 5.91 Å². The first-order valence-corrected chi connectivity index (χ1v) is 12.1. The minimum atomic E-state index is -0.510. The zero-order valence-corrected chi connectivity index (χ0v) is 20.2. The van der Waals surface area contributed by atoms with Gasteiger partial charge < -0.3 is 15.4 Å². The summed E-state index contributed by atoms with van der Waals surface area (Å²) >= 11 is 12.2. The number of nitrogens with zero attached hydrogens (tertiary/aromatic N) is 2. The van der Waals surface area contributed by atoms with E-state index in [0.29, 0.717) is 15.8 Å². The van der Waals surface area contributed by atoms with E-state index in [9.17, 15) is 9.59 Å². The molecule has 1 heterocycles. The van der Waals surface area contributed by atoms with Crippen molar-refractivity contribution < 1.29 is 14.3 Å². The van der Waals surface area contributed by atoms with Crippen LogP contribution in [0.3, 0.4) is 0 Å². The van der Waals surface area contributed by atoms with Crippen LogP contribution in [0, 0.1) is 0 Å². The van der Waals surface area contributed by atoms with E-state index in [1.165, 1.54) is 12.8 Å². The van der Waals surface area contributed by atoms with Crippen molar-refractivity contribution in [3.63, 3.8) is 0 Å². The molecule has 2 aromatic rings. The fraction of sp³-hybridized carbons (Fsp3) is 0.440. The quantitative estimate of drug-likeness (QED) is 0.637. The number of benzene rings is 2. The van der Waals surface area contributed by atoms with E-state index in [1.54, 1.807) is 12.1 Å². The molecule has 1 aliphatic carbocycles. The third-order valence-corrected chi connectivity index (χ3v) is 7.41. The third kappa shape index (κ3) is 5.29. The van der Waals surface area contributed by atoms with Crippen LogP contribution in [0.25, 0.3) is 0 Å². The van der Waals surface area contributed by atoms with Gasteiger partial charge in [-0.2, -0.15) is 0 Å². The Morgan fingerprint density at radius 1 is 1.15 bits per heavy atom. The zero-order valence-electron chi connectivity index (χ0n) is 18.7. The van der Waals surface area contributed by atoms with Crippen molar-refractivity contribution in [3.8, 4) is 5.75 Å². The fourth-order valence-corrected chi connectivity index (χ4v) is 5.42. The van der Waals surface area contributed by atoms with E-state index in [1.807, 2.05) is 30.1 Å². The first-order valence-electron chi connectivity index (χ1n) is 11.3. The third-order valence-electron chi connectivity index (χ3n) is 6.67. The maximum absolute atomic E-state index is 13.4. The van der Waals surface area contributed by atoms with Crippen LogP contribution >= 0.6 is 23.2 Å². The molecule has 1 aliphatic heterocycles. The van der Waals surface area contributed by atoms with E-state index >= 15 is 0 Å². The normalized spacial score (nSPS) is 20.3. The Hall–Kier alpha value is -2.28. The standard InChI is InChI=1S/C25H29Cl2N3O3/c1-29(24(32)14-16-7-9-19(26)20(27)13-16)25-18-5-4-6-22(33-15-23(28)31)17(18)8-10-21(25)30-11-2-3-12-30/h4-7,9,13,21,25H,2-3,8,10-12,14-15H2,1H3,(H2,28,31)/t21-,25-/m0/s1. The Labute approximate surface area is 204 Å². The van der Waals surface area contributed by atoms with Gasteiger partial charge in [-0.05, 0) is 73.7 Å². The summed E-state index contributed by atoms with van der Waals surface area (Å²) in [5.74, 6) is 0.171. The van der Waals surface area contributed by atoms with E-state index in [-0.39, 0.29) is 31.0 Å². The molecule has 0 saturated carbocycles. The molecule has 1 fully saturated rings. The summed E-state index contributed by atoms with van der Waals surface area (Å²) in [4.78, 5) is 29.1. The van der Waals surface area contributed by atoms with Crippen molar-refractivity contribution in [2.24, 2.45) is 5.73 Å². The highest BCUT2D eigenvalue weighted by Gasteiger charge is 2.39. The minimum Gasteiger partial charge on any atom is -0.483 e. The Bertz CT molecular complexity index is 1040. The van der Waals surface area contributed by atoms with Crippen molar-refractivity contribution >= 4 is 35.0 Å². The lowest BCUT2D eigenvalue weighted by Crippen LogP contribution is -2.48. The van der Waals surface area contributed by atoms with E-state index in [2.05, 4.69) is 11.0 Å². The summed E-state index contributed by atoms with van der Waals surface area (Å²) in [7, 11) is 1.87. The van der Waals surface area contributed by atoms with Crippen LogP contribution < -0.4 is 10.5 Å². The second kappa shape index (κ2) is 10.3. The molecule has 1 saturated heterocycles. The zero-order chi connectivity index (χ0) is 23.5. The van der Waals surface area contributed by atoms with Crippen LogP contribution in [-0.4, -0.2) is 54.4 Å². The molecule has 0 spiro atoms. The van der Waals surface area contributed by atoms with Crippen molar-refractivity contribution in [1.82, 2.24) is 9.80 Å². The van der Waals surface area contributed by atoms with Gasteiger partial charge in [0.05, 0.1) is 22.5 Å². The van der Waals surface area contributed by atoms with Gasteiger partial charge in [-0.25, -0.2) is 0 Å². The molecule has 6 nitrogen and oxygen atoms in total. The molecule has 0 aromatic heterocycles. The number of fused-ring (bicyclic) bond motifs is 1. The lowest BCUT2D eigenvalue weighted by atomic mass is 9.81. The molecule has 0 radical (unpaired) electrons. The summed E-state index contributed by atoms with van der Waals surface area (Å²) in [5, 5.41) is 0.916. The highest BCUT2D eigenvalue weighted by atomic mass is 35.5. The Balaban J connectivity index is 1.64. The lowest BCUT2D eigenvalue weighted by Gasteiger charge is -2.44. The smallest absolute Gasteiger partial charge is 0.255 e. The number of halogens is 2. The monoisotopic (exact) mass is 489 g/mol. The molecule has 33 heavy (non-hydrogen) atoms. The average molecular weight is 490 g/mol. The number of likely N-dealkylation sites (tertiary alicyclic amines) is 1. The summed E-state index contributed by atoms with van der Waals surface area (Å²) in [5.41, 5.74) is 8.24. The summed E-state index contributed by atoms with van der Waals surface area (Å²) < 4.78 is 5.72. The number of rotatable bonds is 7. The molecule has 2 N–H and O–H groups in total. The fourth-order valence-electron chi connectivity index (χ4n) is 5.10. The second-order valence-electron chi connectivity index (χ2n) is 8.80. The molecule has 4 rings (SSSR count). The van der Waals surface area contributed by atoms with Crippen molar-refractivity contribution in [1.29, 1.82) is 0 Å². The molecule has 0 bridgehead atoms. The Kier molecular flexibility index (Phi) is 7.47. The molecule has 8 heteroatoms.